The fourth-order valence-electron chi connectivity index (χ4n) is 0.719. The minimum Gasteiger partial charge on any atom is -0.480 e. The van der Waals surface area contributed by atoms with Crippen molar-refractivity contribution in [1.29, 1.82) is 0 Å². The number of primary amides is 1. The molecule has 0 heterocycles. The third kappa shape index (κ3) is 7.56. The van der Waals surface area contributed by atoms with Crippen LogP contribution in [0.25, 0.3) is 0 Å². The van der Waals surface area contributed by atoms with Crippen LogP contribution in [0, 0.1) is 0 Å². The molecule has 0 aliphatic carbocycles. The second-order valence-electron chi connectivity index (χ2n) is 2.98. The molecular formula is C8H15N3O5. The molecule has 0 rings (SSSR count). The lowest BCUT2D eigenvalue weighted by molar-refractivity contribution is -0.138. The van der Waals surface area contributed by atoms with Gasteiger partial charge in [-0.05, 0) is 6.92 Å². The van der Waals surface area contributed by atoms with E-state index in [0.717, 1.165) is 0 Å². The maximum atomic E-state index is 11.0. The summed E-state index contributed by atoms with van der Waals surface area (Å²) in [7, 11) is 0. The van der Waals surface area contributed by atoms with Crippen LogP contribution in [0.3, 0.4) is 0 Å². The summed E-state index contributed by atoms with van der Waals surface area (Å²) in [4.78, 5) is 31.6. The molecule has 3 amide bonds. The summed E-state index contributed by atoms with van der Waals surface area (Å²) in [5.41, 5.74) is 4.80. The molecular weight excluding hydrogens is 218 g/mol. The molecule has 0 aromatic carbocycles. The van der Waals surface area contributed by atoms with Crippen LogP contribution < -0.4 is 16.4 Å². The lowest BCUT2D eigenvalue weighted by Crippen LogP contribution is -2.45. The summed E-state index contributed by atoms with van der Waals surface area (Å²) >= 11 is 0. The van der Waals surface area contributed by atoms with E-state index in [1.54, 1.807) is 0 Å². The molecule has 0 fully saturated rings. The van der Waals surface area contributed by atoms with E-state index in [0.29, 0.717) is 0 Å². The Bertz CT molecular complexity index is 268. The first-order valence-electron chi connectivity index (χ1n) is 4.56. The number of nitrogens with one attached hydrogen (secondary N) is 2. The Balaban J connectivity index is 3.51. The van der Waals surface area contributed by atoms with Crippen LogP contribution in [0.2, 0.25) is 0 Å². The third-order valence-corrected chi connectivity index (χ3v) is 1.49. The quantitative estimate of drug-likeness (QED) is 0.388. The molecule has 0 saturated carbocycles. The van der Waals surface area contributed by atoms with E-state index < -0.39 is 23.9 Å². The molecule has 8 nitrogen and oxygen atoms in total. The number of carboxylic acids is 1. The molecule has 8 heteroatoms. The first-order valence-corrected chi connectivity index (χ1v) is 4.56. The summed E-state index contributed by atoms with van der Waals surface area (Å²) in [6.07, 6.45) is 0. The largest absolute Gasteiger partial charge is 0.480 e. The van der Waals surface area contributed by atoms with Crippen molar-refractivity contribution >= 4 is 17.9 Å². The first kappa shape index (κ1) is 14.2. The fraction of sp³-hybridized carbons (Fsp3) is 0.625. The average molecular weight is 233 g/mol. The number of hydrogen-bond donors (Lipinski definition) is 4. The summed E-state index contributed by atoms with van der Waals surface area (Å²) in [6, 6.07) is -1.58. The number of carbonyl (C=O) groups excluding carboxylic acids is 2. The standard InChI is InChI=1S/C8H15N3O5/c1-5(7(13)14)11-8(15)10-2-3-16-4-6(9)12/h5H,2-4H2,1H3,(H2,9,12)(H,13,14)(H2,10,11,15)/t5-/m1/s1. The number of rotatable bonds is 7. The van der Waals surface area contributed by atoms with Gasteiger partial charge in [-0.1, -0.05) is 0 Å². The van der Waals surface area contributed by atoms with E-state index in [4.69, 9.17) is 15.6 Å². The Morgan fingerprint density at radius 3 is 2.56 bits per heavy atom. The van der Waals surface area contributed by atoms with E-state index in [-0.39, 0.29) is 19.8 Å². The van der Waals surface area contributed by atoms with Crippen molar-refractivity contribution in [3.05, 3.63) is 0 Å². The van der Waals surface area contributed by atoms with Crippen LogP contribution in [0.5, 0.6) is 0 Å². The maximum Gasteiger partial charge on any atom is 0.325 e. The molecule has 16 heavy (non-hydrogen) atoms. The molecule has 0 aliphatic heterocycles. The van der Waals surface area contributed by atoms with Crippen LogP contribution in [0.15, 0.2) is 0 Å². The van der Waals surface area contributed by atoms with Gasteiger partial charge in [0, 0.05) is 6.54 Å². The topological polar surface area (TPSA) is 131 Å². The molecule has 0 saturated heterocycles. The molecule has 0 aromatic heterocycles. The zero-order valence-electron chi connectivity index (χ0n) is 8.86. The molecule has 92 valence electrons. The Labute approximate surface area is 92.1 Å². The molecule has 0 spiro atoms. The molecule has 0 aliphatic rings. The first-order chi connectivity index (χ1) is 7.43. The van der Waals surface area contributed by atoms with Gasteiger partial charge in [0.15, 0.2) is 0 Å². The van der Waals surface area contributed by atoms with E-state index in [1.807, 2.05) is 0 Å². The SMILES string of the molecule is C[C@@H](NC(=O)NCCOCC(N)=O)C(=O)O. The van der Waals surface area contributed by atoms with Crippen molar-refractivity contribution in [2.24, 2.45) is 5.73 Å². The number of carbonyl (C=O) groups is 3. The van der Waals surface area contributed by atoms with Gasteiger partial charge in [0.25, 0.3) is 0 Å². The van der Waals surface area contributed by atoms with Gasteiger partial charge in [-0.3, -0.25) is 9.59 Å². The van der Waals surface area contributed by atoms with Crippen LogP contribution in [0.1, 0.15) is 6.92 Å². The van der Waals surface area contributed by atoms with Gasteiger partial charge < -0.3 is 26.2 Å². The number of urea groups is 1. The molecule has 1 atom stereocenters. The van der Waals surface area contributed by atoms with Crippen LogP contribution in [-0.2, 0) is 14.3 Å². The number of ether oxygens (including phenoxy) is 1. The minimum atomic E-state index is -1.12. The molecule has 0 unspecified atom stereocenters. The minimum absolute atomic E-state index is 0.123. The predicted octanol–water partition coefficient (Wildman–Crippen LogP) is -1.74. The lowest BCUT2D eigenvalue weighted by Gasteiger charge is -2.10. The molecule has 0 radical (unpaired) electrons. The van der Waals surface area contributed by atoms with Crippen molar-refractivity contribution in [3.63, 3.8) is 0 Å². The predicted molar refractivity (Wildman–Crippen MR) is 53.6 cm³/mol. The summed E-state index contributed by atoms with van der Waals surface area (Å²) in [5.74, 6) is -1.72. The Kier molecular flexibility index (Phi) is 6.61. The summed E-state index contributed by atoms with van der Waals surface area (Å²) < 4.78 is 4.76. The number of aliphatic carboxylic acids is 1. The van der Waals surface area contributed by atoms with Gasteiger partial charge in [-0.25, -0.2) is 4.79 Å². The van der Waals surface area contributed by atoms with E-state index >= 15 is 0 Å². The lowest BCUT2D eigenvalue weighted by atomic mass is 10.3. The van der Waals surface area contributed by atoms with Gasteiger partial charge in [-0.15, -0.1) is 0 Å². The number of carboxylic acid groups (broad SMARTS) is 1. The van der Waals surface area contributed by atoms with Crippen molar-refractivity contribution in [2.75, 3.05) is 19.8 Å². The van der Waals surface area contributed by atoms with Crippen LogP contribution >= 0.6 is 0 Å². The van der Waals surface area contributed by atoms with Crippen molar-refractivity contribution in [1.82, 2.24) is 10.6 Å². The third-order valence-electron chi connectivity index (χ3n) is 1.49. The number of hydrogen-bond acceptors (Lipinski definition) is 4. The Hall–Kier alpha value is -1.83. The Morgan fingerprint density at radius 2 is 2.06 bits per heavy atom. The van der Waals surface area contributed by atoms with Crippen LogP contribution in [0.4, 0.5) is 4.79 Å². The van der Waals surface area contributed by atoms with Crippen molar-refractivity contribution in [2.45, 2.75) is 13.0 Å². The van der Waals surface area contributed by atoms with Gasteiger partial charge in [-0.2, -0.15) is 0 Å². The normalized spacial score (nSPS) is 11.6. The number of amides is 3. The van der Waals surface area contributed by atoms with Gasteiger partial charge in [0.2, 0.25) is 5.91 Å². The zero-order valence-corrected chi connectivity index (χ0v) is 8.86. The molecule has 0 bridgehead atoms. The van der Waals surface area contributed by atoms with Crippen molar-refractivity contribution in [3.8, 4) is 0 Å². The van der Waals surface area contributed by atoms with E-state index in [2.05, 4.69) is 10.6 Å². The molecule has 0 aromatic rings. The molecule has 5 N–H and O–H groups in total. The Morgan fingerprint density at radius 1 is 1.44 bits per heavy atom. The summed E-state index contributed by atoms with van der Waals surface area (Å²) in [5, 5.41) is 13.0. The van der Waals surface area contributed by atoms with Gasteiger partial charge in [0.05, 0.1) is 6.61 Å². The highest BCUT2D eigenvalue weighted by Crippen LogP contribution is 1.80. The highest BCUT2D eigenvalue weighted by molar-refractivity contribution is 5.82. The monoisotopic (exact) mass is 233 g/mol. The van der Waals surface area contributed by atoms with Gasteiger partial charge in [0.1, 0.15) is 12.6 Å². The fourth-order valence-corrected chi connectivity index (χ4v) is 0.719. The van der Waals surface area contributed by atoms with Crippen LogP contribution in [-0.4, -0.2) is 48.8 Å². The van der Waals surface area contributed by atoms with Gasteiger partial charge >= 0.3 is 12.0 Å². The second kappa shape index (κ2) is 7.46. The van der Waals surface area contributed by atoms with E-state index in [9.17, 15) is 14.4 Å². The average Bonchev–Trinajstić information content (AvgIpc) is 2.16. The maximum absolute atomic E-state index is 11.0. The highest BCUT2D eigenvalue weighted by Gasteiger charge is 2.12. The van der Waals surface area contributed by atoms with E-state index in [1.165, 1.54) is 6.92 Å². The smallest absolute Gasteiger partial charge is 0.325 e. The second-order valence-corrected chi connectivity index (χ2v) is 2.98. The number of nitrogens with two attached hydrogens (primary N) is 1. The summed E-state index contributed by atoms with van der Waals surface area (Å²) in [6.45, 7) is 1.41. The highest BCUT2D eigenvalue weighted by atomic mass is 16.5. The van der Waals surface area contributed by atoms with Crippen molar-refractivity contribution < 1.29 is 24.2 Å². The zero-order chi connectivity index (χ0) is 12.6.